The summed E-state index contributed by atoms with van der Waals surface area (Å²) in [6.07, 6.45) is 3.68. The van der Waals surface area contributed by atoms with E-state index >= 15 is 0 Å². The standard InChI is InChI=1S/C15H17N3O3/c1-10-8-14(21-17-10)13-5-3-7-18(13)9-12-11(15(19)20)4-2-6-16-12/h2,4,6,8,13H,3,5,7,9H2,1H3,(H,19,20). The highest BCUT2D eigenvalue weighted by Crippen LogP contribution is 2.33. The van der Waals surface area contributed by atoms with E-state index in [4.69, 9.17) is 4.52 Å². The minimum Gasteiger partial charge on any atom is -0.478 e. The summed E-state index contributed by atoms with van der Waals surface area (Å²) in [5.74, 6) is -0.0952. The van der Waals surface area contributed by atoms with E-state index in [2.05, 4.69) is 15.0 Å². The highest BCUT2D eigenvalue weighted by atomic mass is 16.5. The van der Waals surface area contributed by atoms with Gasteiger partial charge in [0.15, 0.2) is 5.76 Å². The molecule has 1 unspecified atom stereocenters. The van der Waals surface area contributed by atoms with E-state index in [0.717, 1.165) is 30.8 Å². The van der Waals surface area contributed by atoms with Crippen LogP contribution in [0.2, 0.25) is 0 Å². The van der Waals surface area contributed by atoms with Crippen LogP contribution in [0.15, 0.2) is 28.9 Å². The number of aromatic nitrogens is 2. The fraction of sp³-hybridized carbons (Fsp3) is 0.400. The lowest BCUT2D eigenvalue weighted by molar-refractivity contribution is 0.0693. The Morgan fingerprint density at radius 2 is 2.43 bits per heavy atom. The molecule has 0 aromatic carbocycles. The molecule has 2 aromatic rings. The summed E-state index contributed by atoms with van der Waals surface area (Å²) < 4.78 is 5.37. The summed E-state index contributed by atoms with van der Waals surface area (Å²) in [5, 5.41) is 13.2. The molecule has 0 aliphatic carbocycles. The normalized spacial score (nSPS) is 19.0. The van der Waals surface area contributed by atoms with Crippen molar-refractivity contribution in [2.75, 3.05) is 6.54 Å². The Kier molecular flexibility index (Phi) is 3.70. The largest absolute Gasteiger partial charge is 0.478 e. The second kappa shape index (κ2) is 5.65. The zero-order valence-electron chi connectivity index (χ0n) is 11.8. The molecule has 1 N–H and O–H groups in total. The number of likely N-dealkylation sites (tertiary alicyclic amines) is 1. The van der Waals surface area contributed by atoms with Gasteiger partial charge in [0.2, 0.25) is 0 Å². The molecule has 0 radical (unpaired) electrons. The molecule has 1 atom stereocenters. The van der Waals surface area contributed by atoms with Crippen LogP contribution >= 0.6 is 0 Å². The van der Waals surface area contributed by atoms with Crippen LogP contribution in [0.3, 0.4) is 0 Å². The Labute approximate surface area is 122 Å². The Balaban J connectivity index is 1.82. The Morgan fingerprint density at radius 3 is 3.14 bits per heavy atom. The van der Waals surface area contributed by atoms with Crippen molar-refractivity contribution in [1.82, 2.24) is 15.0 Å². The summed E-state index contributed by atoms with van der Waals surface area (Å²) in [6, 6.07) is 5.33. The van der Waals surface area contributed by atoms with Crippen LogP contribution in [0.5, 0.6) is 0 Å². The van der Waals surface area contributed by atoms with Gasteiger partial charge in [0.05, 0.1) is 23.0 Å². The second-order valence-corrected chi connectivity index (χ2v) is 5.30. The number of carboxylic acids is 1. The number of hydrogen-bond acceptors (Lipinski definition) is 5. The van der Waals surface area contributed by atoms with Crippen LogP contribution in [0, 0.1) is 6.92 Å². The van der Waals surface area contributed by atoms with E-state index < -0.39 is 5.97 Å². The predicted octanol–water partition coefficient (Wildman–Crippen LogP) is 2.41. The molecular weight excluding hydrogens is 270 g/mol. The highest BCUT2D eigenvalue weighted by molar-refractivity contribution is 5.88. The molecule has 1 aliphatic rings. The number of carboxylic acid groups (broad SMARTS) is 1. The summed E-state index contributed by atoms with van der Waals surface area (Å²) in [7, 11) is 0. The average molecular weight is 287 g/mol. The van der Waals surface area contributed by atoms with Gasteiger partial charge in [-0.05, 0) is 38.4 Å². The van der Waals surface area contributed by atoms with E-state index in [-0.39, 0.29) is 11.6 Å². The van der Waals surface area contributed by atoms with Crippen molar-refractivity contribution < 1.29 is 14.4 Å². The summed E-state index contributed by atoms with van der Waals surface area (Å²) in [6.45, 7) is 3.31. The third-order valence-corrected chi connectivity index (χ3v) is 3.81. The van der Waals surface area contributed by atoms with Gasteiger partial charge in [-0.25, -0.2) is 4.79 Å². The van der Waals surface area contributed by atoms with Crippen LogP contribution in [0.4, 0.5) is 0 Å². The monoisotopic (exact) mass is 287 g/mol. The Hall–Kier alpha value is -2.21. The maximum Gasteiger partial charge on any atom is 0.337 e. The van der Waals surface area contributed by atoms with E-state index in [1.807, 2.05) is 13.0 Å². The molecule has 3 rings (SSSR count). The first-order chi connectivity index (χ1) is 10.1. The number of hydrogen-bond donors (Lipinski definition) is 1. The molecule has 3 heterocycles. The fourth-order valence-corrected chi connectivity index (χ4v) is 2.83. The number of aromatic carboxylic acids is 1. The van der Waals surface area contributed by atoms with Crippen molar-refractivity contribution in [3.8, 4) is 0 Å². The van der Waals surface area contributed by atoms with Crippen molar-refractivity contribution in [1.29, 1.82) is 0 Å². The van der Waals surface area contributed by atoms with Gasteiger partial charge in [-0.15, -0.1) is 0 Å². The first-order valence-electron chi connectivity index (χ1n) is 6.99. The molecule has 0 amide bonds. The van der Waals surface area contributed by atoms with Gasteiger partial charge < -0.3 is 9.63 Å². The van der Waals surface area contributed by atoms with Gasteiger partial charge in [0, 0.05) is 18.8 Å². The van der Waals surface area contributed by atoms with Crippen LogP contribution in [-0.4, -0.2) is 32.7 Å². The van der Waals surface area contributed by atoms with E-state index in [0.29, 0.717) is 12.2 Å². The molecule has 0 bridgehead atoms. The van der Waals surface area contributed by atoms with Crippen molar-refractivity contribution in [3.63, 3.8) is 0 Å². The number of rotatable bonds is 4. The molecular formula is C15H17N3O3. The topological polar surface area (TPSA) is 79.5 Å². The average Bonchev–Trinajstić information content (AvgIpc) is 3.08. The van der Waals surface area contributed by atoms with E-state index in [9.17, 15) is 9.90 Å². The van der Waals surface area contributed by atoms with Crippen molar-refractivity contribution in [2.45, 2.75) is 32.4 Å². The predicted molar refractivity (Wildman–Crippen MR) is 74.8 cm³/mol. The lowest BCUT2D eigenvalue weighted by Crippen LogP contribution is -2.24. The summed E-state index contributed by atoms with van der Waals surface area (Å²) in [4.78, 5) is 17.7. The molecule has 0 spiro atoms. The van der Waals surface area contributed by atoms with E-state index in [1.165, 1.54) is 0 Å². The fourth-order valence-electron chi connectivity index (χ4n) is 2.83. The smallest absolute Gasteiger partial charge is 0.337 e. The van der Waals surface area contributed by atoms with Crippen LogP contribution in [-0.2, 0) is 6.54 Å². The maximum atomic E-state index is 11.3. The molecule has 1 aliphatic heterocycles. The van der Waals surface area contributed by atoms with Crippen LogP contribution in [0.25, 0.3) is 0 Å². The molecule has 21 heavy (non-hydrogen) atoms. The van der Waals surface area contributed by atoms with Crippen LogP contribution in [0.1, 0.15) is 46.4 Å². The van der Waals surface area contributed by atoms with Gasteiger partial charge in [-0.3, -0.25) is 9.88 Å². The molecule has 0 saturated carbocycles. The first-order valence-corrected chi connectivity index (χ1v) is 6.99. The van der Waals surface area contributed by atoms with E-state index in [1.54, 1.807) is 18.3 Å². The third kappa shape index (κ3) is 2.80. The number of pyridine rings is 1. The molecule has 2 aromatic heterocycles. The molecule has 6 heteroatoms. The molecule has 110 valence electrons. The lowest BCUT2D eigenvalue weighted by Gasteiger charge is -2.22. The number of aryl methyl sites for hydroxylation is 1. The third-order valence-electron chi connectivity index (χ3n) is 3.81. The Morgan fingerprint density at radius 1 is 1.57 bits per heavy atom. The highest BCUT2D eigenvalue weighted by Gasteiger charge is 2.30. The molecule has 1 fully saturated rings. The van der Waals surface area contributed by atoms with Crippen molar-refractivity contribution in [2.24, 2.45) is 0 Å². The quantitative estimate of drug-likeness (QED) is 0.930. The zero-order chi connectivity index (χ0) is 14.8. The SMILES string of the molecule is Cc1cc(C2CCCN2Cc2ncccc2C(=O)O)on1. The lowest BCUT2D eigenvalue weighted by atomic mass is 10.1. The summed E-state index contributed by atoms with van der Waals surface area (Å²) >= 11 is 0. The maximum absolute atomic E-state index is 11.3. The Bertz CT molecular complexity index is 653. The van der Waals surface area contributed by atoms with Gasteiger partial charge in [-0.1, -0.05) is 5.16 Å². The first kappa shape index (κ1) is 13.8. The number of carbonyl (C=O) groups is 1. The minimum atomic E-state index is -0.940. The van der Waals surface area contributed by atoms with Gasteiger partial charge in [-0.2, -0.15) is 0 Å². The van der Waals surface area contributed by atoms with Crippen molar-refractivity contribution in [3.05, 3.63) is 47.1 Å². The summed E-state index contributed by atoms with van der Waals surface area (Å²) in [5.41, 5.74) is 1.71. The molecule has 1 saturated heterocycles. The number of nitrogens with zero attached hydrogens (tertiary/aromatic N) is 3. The second-order valence-electron chi connectivity index (χ2n) is 5.30. The zero-order valence-corrected chi connectivity index (χ0v) is 11.8. The van der Waals surface area contributed by atoms with Gasteiger partial charge in [0.25, 0.3) is 0 Å². The minimum absolute atomic E-state index is 0.148. The van der Waals surface area contributed by atoms with Gasteiger partial charge in [0.1, 0.15) is 0 Å². The molecule has 6 nitrogen and oxygen atoms in total. The van der Waals surface area contributed by atoms with Gasteiger partial charge >= 0.3 is 5.97 Å². The van der Waals surface area contributed by atoms with Crippen molar-refractivity contribution >= 4 is 5.97 Å². The van der Waals surface area contributed by atoms with Crippen LogP contribution < -0.4 is 0 Å².